The van der Waals surface area contributed by atoms with Crippen LogP contribution in [0, 0.1) is 6.92 Å². The minimum atomic E-state index is -1.00. The highest BCUT2D eigenvalue weighted by Crippen LogP contribution is 2.26. The van der Waals surface area contributed by atoms with E-state index in [1.54, 1.807) is 12.1 Å². The van der Waals surface area contributed by atoms with E-state index in [1.807, 2.05) is 11.8 Å². The van der Waals surface area contributed by atoms with Gasteiger partial charge in [0.25, 0.3) is 5.91 Å². The SMILES string of the molecule is Cc1cc(C(=O)O)cc(C(=O)N2CCC(OC3CCCC3)CC2)c1. The van der Waals surface area contributed by atoms with Crippen LogP contribution in [0.1, 0.15) is 64.8 Å². The van der Waals surface area contributed by atoms with Gasteiger partial charge in [-0.1, -0.05) is 12.8 Å². The molecule has 5 nitrogen and oxygen atoms in total. The van der Waals surface area contributed by atoms with Crippen LogP contribution in [0.15, 0.2) is 18.2 Å². The number of piperidine rings is 1. The summed E-state index contributed by atoms with van der Waals surface area (Å²) in [5.74, 6) is -1.09. The molecule has 3 rings (SSSR count). The van der Waals surface area contributed by atoms with E-state index in [9.17, 15) is 9.59 Å². The van der Waals surface area contributed by atoms with Crippen molar-refractivity contribution in [3.05, 3.63) is 34.9 Å². The minimum Gasteiger partial charge on any atom is -0.478 e. The van der Waals surface area contributed by atoms with Crippen LogP contribution >= 0.6 is 0 Å². The van der Waals surface area contributed by atoms with Crippen LogP contribution in [0.4, 0.5) is 0 Å². The molecule has 2 aliphatic rings. The summed E-state index contributed by atoms with van der Waals surface area (Å²) in [6, 6.07) is 4.81. The Kier molecular flexibility index (Phi) is 5.19. The lowest BCUT2D eigenvalue weighted by Crippen LogP contribution is -2.41. The molecule has 1 amide bonds. The van der Waals surface area contributed by atoms with Crippen molar-refractivity contribution >= 4 is 11.9 Å². The van der Waals surface area contributed by atoms with Crippen molar-refractivity contribution in [1.82, 2.24) is 4.90 Å². The number of nitrogens with zero attached hydrogens (tertiary/aromatic N) is 1. The number of carbonyl (C=O) groups is 2. The molecule has 0 spiro atoms. The van der Waals surface area contributed by atoms with Gasteiger partial charge >= 0.3 is 5.97 Å². The first-order chi connectivity index (χ1) is 11.5. The fraction of sp³-hybridized carbons (Fsp3) is 0.579. The monoisotopic (exact) mass is 331 g/mol. The molecule has 1 aromatic carbocycles. The first-order valence-electron chi connectivity index (χ1n) is 8.82. The van der Waals surface area contributed by atoms with E-state index in [-0.39, 0.29) is 17.6 Å². The number of hydrogen-bond donors (Lipinski definition) is 1. The molecule has 5 heteroatoms. The quantitative estimate of drug-likeness (QED) is 0.919. The van der Waals surface area contributed by atoms with Crippen molar-refractivity contribution in [1.29, 1.82) is 0 Å². The standard InChI is InChI=1S/C19H25NO4/c1-13-10-14(12-15(11-13)19(22)23)18(21)20-8-6-17(7-9-20)24-16-4-2-3-5-16/h10-12,16-17H,2-9H2,1H3,(H,22,23). The second-order valence-electron chi connectivity index (χ2n) is 6.93. The van der Waals surface area contributed by atoms with E-state index in [2.05, 4.69) is 0 Å². The molecule has 130 valence electrons. The van der Waals surface area contributed by atoms with E-state index >= 15 is 0 Å². The van der Waals surface area contributed by atoms with Crippen LogP contribution in [0.2, 0.25) is 0 Å². The van der Waals surface area contributed by atoms with Crippen molar-refractivity contribution < 1.29 is 19.4 Å². The van der Waals surface area contributed by atoms with Gasteiger partial charge in [0.1, 0.15) is 0 Å². The lowest BCUT2D eigenvalue weighted by Gasteiger charge is -2.33. The molecule has 24 heavy (non-hydrogen) atoms. The van der Waals surface area contributed by atoms with Crippen LogP contribution in [-0.2, 0) is 4.74 Å². The Morgan fingerprint density at radius 3 is 2.21 bits per heavy atom. The molecule has 1 aliphatic heterocycles. The maximum Gasteiger partial charge on any atom is 0.335 e. The van der Waals surface area contributed by atoms with Gasteiger partial charge in [-0.15, -0.1) is 0 Å². The fourth-order valence-corrected chi connectivity index (χ4v) is 3.70. The molecule has 0 unspecified atom stereocenters. The number of ether oxygens (including phenoxy) is 1. The zero-order chi connectivity index (χ0) is 17.1. The molecule has 0 atom stereocenters. The molecule has 1 heterocycles. The van der Waals surface area contributed by atoms with Crippen LogP contribution in [0.5, 0.6) is 0 Å². The molecule has 1 aliphatic carbocycles. The summed E-state index contributed by atoms with van der Waals surface area (Å²) in [7, 11) is 0. The average molecular weight is 331 g/mol. The predicted octanol–water partition coefficient (Wildman–Crippen LogP) is 3.26. The Hall–Kier alpha value is -1.88. The highest BCUT2D eigenvalue weighted by Gasteiger charge is 2.27. The van der Waals surface area contributed by atoms with Gasteiger partial charge < -0.3 is 14.7 Å². The first kappa shape index (κ1) is 17.0. The largest absolute Gasteiger partial charge is 0.478 e. The van der Waals surface area contributed by atoms with Crippen molar-refractivity contribution in [2.45, 2.75) is 57.7 Å². The molecule has 1 saturated heterocycles. The minimum absolute atomic E-state index is 0.0829. The molecule has 0 bridgehead atoms. The smallest absolute Gasteiger partial charge is 0.335 e. The van der Waals surface area contributed by atoms with Gasteiger partial charge in [-0.25, -0.2) is 4.79 Å². The number of aromatic carboxylic acids is 1. The van der Waals surface area contributed by atoms with E-state index in [0.717, 1.165) is 18.4 Å². The van der Waals surface area contributed by atoms with Crippen LogP contribution in [-0.4, -0.2) is 47.2 Å². The number of rotatable bonds is 4. The number of aryl methyl sites for hydroxylation is 1. The number of carbonyl (C=O) groups excluding carboxylic acids is 1. The summed E-state index contributed by atoms with van der Waals surface area (Å²) in [6.45, 7) is 3.16. The molecule has 0 radical (unpaired) electrons. The van der Waals surface area contributed by atoms with Crippen molar-refractivity contribution in [2.75, 3.05) is 13.1 Å². The summed E-state index contributed by atoms with van der Waals surface area (Å²) in [5.41, 5.74) is 1.41. The first-order valence-corrected chi connectivity index (χ1v) is 8.82. The highest BCUT2D eigenvalue weighted by atomic mass is 16.5. The lowest BCUT2D eigenvalue weighted by molar-refractivity contribution is -0.0357. The normalized spacial score (nSPS) is 19.6. The number of amides is 1. The maximum absolute atomic E-state index is 12.7. The zero-order valence-corrected chi connectivity index (χ0v) is 14.2. The third-order valence-corrected chi connectivity index (χ3v) is 4.99. The number of benzene rings is 1. The van der Waals surface area contributed by atoms with E-state index in [4.69, 9.17) is 9.84 Å². The van der Waals surface area contributed by atoms with Gasteiger partial charge in [0.05, 0.1) is 17.8 Å². The van der Waals surface area contributed by atoms with E-state index in [1.165, 1.54) is 31.7 Å². The number of carboxylic acid groups (broad SMARTS) is 1. The van der Waals surface area contributed by atoms with Gasteiger partial charge in [-0.05, 0) is 56.4 Å². The Morgan fingerprint density at radius 1 is 1.00 bits per heavy atom. The summed E-state index contributed by atoms with van der Waals surface area (Å²) in [6.07, 6.45) is 7.25. The predicted molar refractivity (Wildman–Crippen MR) is 90.4 cm³/mol. The number of likely N-dealkylation sites (tertiary alicyclic amines) is 1. The molecule has 0 aromatic heterocycles. The van der Waals surface area contributed by atoms with Crippen LogP contribution in [0.3, 0.4) is 0 Å². The van der Waals surface area contributed by atoms with Gasteiger partial charge in [-0.3, -0.25) is 4.79 Å². The van der Waals surface area contributed by atoms with Crippen molar-refractivity contribution in [2.24, 2.45) is 0 Å². The number of hydrogen-bond acceptors (Lipinski definition) is 3. The molecular formula is C19H25NO4. The number of carboxylic acids is 1. The second-order valence-corrected chi connectivity index (χ2v) is 6.93. The third-order valence-electron chi connectivity index (χ3n) is 4.99. The topological polar surface area (TPSA) is 66.8 Å². The Balaban J connectivity index is 1.59. The Bertz CT molecular complexity index is 614. The van der Waals surface area contributed by atoms with Crippen LogP contribution in [0.25, 0.3) is 0 Å². The summed E-state index contributed by atoms with van der Waals surface area (Å²) in [4.78, 5) is 25.7. The Labute approximate surface area is 142 Å². The average Bonchev–Trinajstić information content (AvgIpc) is 3.07. The third kappa shape index (κ3) is 3.96. The summed E-state index contributed by atoms with van der Waals surface area (Å²) >= 11 is 0. The summed E-state index contributed by atoms with van der Waals surface area (Å²) in [5, 5.41) is 9.15. The van der Waals surface area contributed by atoms with Crippen molar-refractivity contribution in [3.63, 3.8) is 0 Å². The molecular weight excluding hydrogens is 306 g/mol. The zero-order valence-electron chi connectivity index (χ0n) is 14.2. The molecule has 1 N–H and O–H groups in total. The van der Waals surface area contributed by atoms with Gasteiger partial charge in [-0.2, -0.15) is 0 Å². The highest BCUT2D eigenvalue weighted by molar-refractivity contribution is 5.97. The Morgan fingerprint density at radius 2 is 1.58 bits per heavy atom. The maximum atomic E-state index is 12.7. The van der Waals surface area contributed by atoms with E-state index < -0.39 is 5.97 Å². The molecule has 2 fully saturated rings. The fourth-order valence-electron chi connectivity index (χ4n) is 3.70. The van der Waals surface area contributed by atoms with E-state index in [0.29, 0.717) is 24.8 Å². The van der Waals surface area contributed by atoms with Gasteiger partial charge in [0, 0.05) is 18.7 Å². The van der Waals surface area contributed by atoms with Gasteiger partial charge in [0.2, 0.25) is 0 Å². The molecule has 1 aromatic rings. The lowest BCUT2D eigenvalue weighted by atomic mass is 10.0. The second kappa shape index (κ2) is 7.34. The van der Waals surface area contributed by atoms with Gasteiger partial charge in [0.15, 0.2) is 0 Å². The molecule has 1 saturated carbocycles. The van der Waals surface area contributed by atoms with Crippen LogP contribution < -0.4 is 0 Å². The summed E-state index contributed by atoms with van der Waals surface area (Å²) < 4.78 is 6.14. The van der Waals surface area contributed by atoms with Crippen molar-refractivity contribution in [3.8, 4) is 0 Å².